The maximum Gasteiger partial charge on any atom is 0.323 e. The molecule has 0 saturated carbocycles. The molecule has 2 aromatic rings. The van der Waals surface area contributed by atoms with E-state index in [0.717, 1.165) is 41.0 Å². The Morgan fingerprint density at radius 3 is 2.71 bits per heavy atom. The SMILES string of the molecule is CCOC(=O)[C@H]1CCCCN1CC(=O)N1N=C(c2cccc(C)c2)C[C@H]1c1ccccc1OC. The summed E-state index contributed by atoms with van der Waals surface area (Å²) in [5.41, 5.74) is 3.95. The molecule has 0 bridgehead atoms. The summed E-state index contributed by atoms with van der Waals surface area (Å²) >= 11 is 0. The van der Waals surface area contributed by atoms with Crippen LogP contribution < -0.4 is 4.74 Å². The molecule has 7 nitrogen and oxygen atoms in total. The molecule has 2 atom stereocenters. The molecule has 2 heterocycles. The van der Waals surface area contributed by atoms with E-state index < -0.39 is 0 Å². The zero-order chi connectivity index (χ0) is 24.1. The molecule has 1 saturated heterocycles. The van der Waals surface area contributed by atoms with Gasteiger partial charge in [0.05, 0.1) is 32.0 Å². The van der Waals surface area contributed by atoms with Crippen molar-refractivity contribution in [1.29, 1.82) is 0 Å². The van der Waals surface area contributed by atoms with Gasteiger partial charge in [-0.2, -0.15) is 5.10 Å². The molecule has 0 aromatic heterocycles. The molecule has 1 fully saturated rings. The molecule has 1 amide bonds. The fourth-order valence-electron chi connectivity index (χ4n) is 4.86. The minimum Gasteiger partial charge on any atom is -0.496 e. The van der Waals surface area contributed by atoms with Gasteiger partial charge in [-0.1, -0.05) is 54.4 Å². The van der Waals surface area contributed by atoms with E-state index in [1.807, 2.05) is 54.3 Å². The Morgan fingerprint density at radius 1 is 1.12 bits per heavy atom. The number of benzene rings is 2. The molecule has 2 aliphatic rings. The molecular formula is C27H33N3O4. The normalized spacial score (nSPS) is 20.7. The van der Waals surface area contributed by atoms with Gasteiger partial charge in [-0.05, 0) is 44.9 Å². The maximum atomic E-state index is 13.7. The number of hydrogen-bond donors (Lipinski definition) is 0. The molecule has 180 valence electrons. The van der Waals surface area contributed by atoms with Crippen molar-refractivity contribution < 1.29 is 19.1 Å². The first-order valence-electron chi connectivity index (χ1n) is 12.0. The Hall–Kier alpha value is -3.19. The van der Waals surface area contributed by atoms with Crippen LogP contribution in [0.1, 0.15) is 55.3 Å². The Kier molecular flexibility index (Phi) is 7.63. The highest BCUT2D eigenvalue weighted by molar-refractivity contribution is 6.03. The van der Waals surface area contributed by atoms with Gasteiger partial charge in [0.1, 0.15) is 11.8 Å². The molecule has 7 heteroatoms. The number of methoxy groups -OCH3 is 1. The van der Waals surface area contributed by atoms with Crippen molar-refractivity contribution in [3.05, 3.63) is 65.2 Å². The van der Waals surface area contributed by atoms with Crippen LogP contribution in [0.25, 0.3) is 0 Å². The number of likely N-dealkylation sites (tertiary alicyclic amines) is 1. The average molecular weight is 464 g/mol. The Morgan fingerprint density at radius 2 is 1.94 bits per heavy atom. The second-order valence-corrected chi connectivity index (χ2v) is 8.85. The summed E-state index contributed by atoms with van der Waals surface area (Å²) in [4.78, 5) is 28.1. The highest BCUT2D eigenvalue weighted by Gasteiger charge is 2.38. The number of rotatable bonds is 7. The van der Waals surface area contributed by atoms with Gasteiger partial charge in [0.25, 0.3) is 5.91 Å². The Labute approximate surface area is 201 Å². The lowest BCUT2D eigenvalue weighted by atomic mass is 9.97. The van der Waals surface area contributed by atoms with Crippen LogP contribution >= 0.6 is 0 Å². The van der Waals surface area contributed by atoms with Gasteiger partial charge in [-0.3, -0.25) is 14.5 Å². The van der Waals surface area contributed by atoms with Crippen LogP contribution in [0.15, 0.2) is 53.6 Å². The first-order chi connectivity index (χ1) is 16.5. The number of para-hydroxylation sites is 1. The van der Waals surface area contributed by atoms with Crippen LogP contribution in [0.4, 0.5) is 0 Å². The number of amides is 1. The zero-order valence-corrected chi connectivity index (χ0v) is 20.2. The molecule has 2 aromatic carbocycles. The molecule has 4 rings (SSSR count). The highest BCUT2D eigenvalue weighted by Crippen LogP contribution is 2.37. The predicted octanol–water partition coefficient (Wildman–Crippen LogP) is 4.10. The van der Waals surface area contributed by atoms with E-state index >= 15 is 0 Å². The molecule has 0 aliphatic carbocycles. The van der Waals surface area contributed by atoms with Crippen molar-refractivity contribution in [3.63, 3.8) is 0 Å². The minimum absolute atomic E-state index is 0.125. The van der Waals surface area contributed by atoms with Gasteiger partial charge in [0.15, 0.2) is 0 Å². The van der Waals surface area contributed by atoms with Crippen LogP contribution in [0.3, 0.4) is 0 Å². The molecular weight excluding hydrogens is 430 g/mol. The largest absolute Gasteiger partial charge is 0.496 e. The van der Waals surface area contributed by atoms with Crippen LogP contribution in [-0.2, 0) is 14.3 Å². The lowest BCUT2D eigenvalue weighted by Gasteiger charge is -2.34. The Balaban J connectivity index is 1.63. The first-order valence-corrected chi connectivity index (χ1v) is 12.0. The van der Waals surface area contributed by atoms with Crippen molar-refractivity contribution in [1.82, 2.24) is 9.91 Å². The van der Waals surface area contributed by atoms with E-state index in [1.165, 1.54) is 0 Å². The molecule has 0 spiro atoms. The highest BCUT2D eigenvalue weighted by atomic mass is 16.5. The summed E-state index contributed by atoms with van der Waals surface area (Å²) in [6.07, 6.45) is 3.21. The monoisotopic (exact) mass is 463 g/mol. The Bertz CT molecular complexity index is 1070. The lowest BCUT2D eigenvalue weighted by molar-refractivity contribution is -0.152. The third-order valence-corrected chi connectivity index (χ3v) is 6.53. The van der Waals surface area contributed by atoms with Gasteiger partial charge >= 0.3 is 5.97 Å². The van der Waals surface area contributed by atoms with Crippen LogP contribution in [-0.4, -0.2) is 60.3 Å². The van der Waals surface area contributed by atoms with Crippen molar-refractivity contribution in [2.75, 3.05) is 26.8 Å². The first kappa shape index (κ1) is 24.0. The van der Waals surface area contributed by atoms with Crippen molar-refractivity contribution in [2.45, 2.75) is 51.6 Å². The van der Waals surface area contributed by atoms with E-state index in [1.54, 1.807) is 19.0 Å². The number of nitrogens with zero attached hydrogens (tertiary/aromatic N) is 3. The van der Waals surface area contributed by atoms with E-state index in [4.69, 9.17) is 14.6 Å². The molecule has 0 unspecified atom stereocenters. The lowest BCUT2D eigenvalue weighted by Crippen LogP contribution is -2.49. The summed E-state index contributed by atoms with van der Waals surface area (Å²) in [6.45, 7) is 5.01. The zero-order valence-electron chi connectivity index (χ0n) is 20.2. The summed E-state index contributed by atoms with van der Waals surface area (Å²) in [7, 11) is 1.64. The van der Waals surface area contributed by atoms with Gasteiger partial charge in [-0.25, -0.2) is 5.01 Å². The standard InChI is InChI=1S/C27H33N3O4/c1-4-34-27(32)23-13-7-8-15-29(23)18-26(31)30-24(21-12-5-6-14-25(21)33-3)17-22(28-30)20-11-9-10-19(2)16-20/h5-6,9-12,14,16,23-24H,4,7-8,13,15,17-18H2,1-3H3/t23-,24+/m1/s1. The van der Waals surface area contributed by atoms with Gasteiger partial charge in [0, 0.05) is 12.0 Å². The number of esters is 1. The molecule has 0 radical (unpaired) electrons. The maximum absolute atomic E-state index is 13.7. The predicted molar refractivity (Wildman–Crippen MR) is 131 cm³/mol. The minimum atomic E-state index is -0.384. The molecule has 2 aliphatic heterocycles. The summed E-state index contributed by atoms with van der Waals surface area (Å²) in [6, 6.07) is 15.3. The summed E-state index contributed by atoms with van der Waals surface area (Å²) < 4.78 is 10.9. The van der Waals surface area contributed by atoms with E-state index in [-0.39, 0.29) is 30.5 Å². The molecule has 0 N–H and O–H groups in total. The van der Waals surface area contributed by atoms with E-state index in [0.29, 0.717) is 26.0 Å². The van der Waals surface area contributed by atoms with Crippen molar-refractivity contribution >= 4 is 17.6 Å². The quantitative estimate of drug-likeness (QED) is 0.578. The van der Waals surface area contributed by atoms with Crippen molar-refractivity contribution in [2.24, 2.45) is 5.10 Å². The van der Waals surface area contributed by atoms with Crippen LogP contribution in [0, 0.1) is 6.92 Å². The van der Waals surface area contributed by atoms with Crippen molar-refractivity contribution in [3.8, 4) is 5.75 Å². The summed E-state index contributed by atoms with van der Waals surface area (Å²) in [5.74, 6) is 0.352. The van der Waals surface area contributed by atoms with Gasteiger partial charge in [0.2, 0.25) is 0 Å². The molecule has 34 heavy (non-hydrogen) atoms. The fourth-order valence-corrected chi connectivity index (χ4v) is 4.86. The number of ether oxygens (including phenoxy) is 2. The smallest absolute Gasteiger partial charge is 0.323 e. The number of aryl methyl sites for hydroxylation is 1. The number of hydrazone groups is 1. The van der Waals surface area contributed by atoms with E-state index in [2.05, 4.69) is 6.07 Å². The van der Waals surface area contributed by atoms with E-state index in [9.17, 15) is 9.59 Å². The topological polar surface area (TPSA) is 71.4 Å². The number of hydrogen-bond acceptors (Lipinski definition) is 6. The van der Waals surface area contributed by atoms with Crippen LogP contribution in [0.2, 0.25) is 0 Å². The number of carbonyl (C=O) groups excluding carboxylic acids is 2. The van der Waals surface area contributed by atoms with Gasteiger partial charge < -0.3 is 9.47 Å². The second kappa shape index (κ2) is 10.8. The number of carbonyl (C=O) groups is 2. The third kappa shape index (κ3) is 5.14. The number of piperidine rings is 1. The van der Waals surface area contributed by atoms with Crippen LogP contribution in [0.5, 0.6) is 5.75 Å². The summed E-state index contributed by atoms with van der Waals surface area (Å²) in [5, 5.41) is 6.40. The van der Waals surface area contributed by atoms with Gasteiger partial charge in [-0.15, -0.1) is 0 Å². The average Bonchev–Trinajstić information content (AvgIpc) is 3.30. The third-order valence-electron chi connectivity index (χ3n) is 6.53. The second-order valence-electron chi connectivity index (χ2n) is 8.85. The fraction of sp³-hybridized carbons (Fsp3) is 0.444.